The molecule has 2 heterocycles. The maximum Gasteiger partial charge on any atom is 0.160 e. The highest BCUT2D eigenvalue weighted by Crippen LogP contribution is 2.36. The number of rotatable bonds is 3. The summed E-state index contributed by atoms with van der Waals surface area (Å²) >= 11 is 12.0. The molecule has 110 valence electrons. The minimum absolute atomic E-state index is 0.113. The number of hydrogen-bond acceptors (Lipinski definition) is 5. The topological polar surface area (TPSA) is 70.4 Å². The summed E-state index contributed by atoms with van der Waals surface area (Å²) in [6, 6.07) is 10.4. The van der Waals surface area contributed by atoms with Gasteiger partial charge in [-0.2, -0.15) is 5.10 Å². The Bertz CT molecular complexity index is 853. The Kier molecular flexibility index (Phi) is 4.09. The van der Waals surface area contributed by atoms with Crippen LogP contribution in [0.2, 0.25) is 10.0 Å². The first-order valence-electron chi connectivity index (χ1n) is 6.33. The van der Waals surface area contributed by atoms with E-state index >= 15 is 0 Å². The van der Waals surface area contributed by atoms with E-state index in [9.17, 15) is 5.11 Å². The Balaban J connectivity index is 1.89. The van der Waals surface area contributed by atoms with Crippen LogP contribution in [0.1, 0.15) is 5.69 Å². The van der Waals surface area contributed by atoms with E-state index in [1.54, 1.807) is 24.5 Å². The Morgan fingerprint density at radius 2 is 2.00 bits per heavy atom. The molecule has 0 unspecified atom stereocenters. The van der Waals surface area contributed by atoms with Crippen molar-refractivity contribution >= 4 is 46.1 Å². The minimum Gasteiger partial charge on any atom is -0.504 e. The lowest BCUT2D eigenvalue weighted by atomic mass is 10.2. The van der Waals surface area contributed by atoms with Crippen LogP contribution in [0, 0.1) is 0 Å². The van der Waals surface area contributed by atoms with Gasteiger partial charge < -0.3 is 5.11 Å². The van der Waals surface area contributed by atoms with Crippen molar-refractivity contribution < 1.29 is 5.11 Å². The van der Waals surface area contributed by atoms with Crippen LogP contribution in [0.15, 0.2) is 47.7 Å². The van der Waals surface area contributed by atoms with Crippen LogP contribution in [0.3, 0.4) is 0 Å². The van der Waals surface area contributed by atoms with Crippen LogP contribution in [0.4, 0.5) is 5.82 Å². The summed E-state index contributed by atoms with van der Waals surface area (Å²) in [5.74, 6) is 0.340. The lowest BCUT2D eigenvalue weighted by molar-refractivity contribution is 0.480. The number of benzene rings is 1. The average Bonchev–Trinajstić information content (AvgIpc) is 2.54. The van der Waals surface area contributed by atoms with Gasteiger partial charge in [0, 0.05) is 11.6 Å². The van der Waals surface area contributed by atoms with Gasteiger partial charge in [0.2, 0.25) is 0 Å². The first-order valence-corrected chi connectivity index (χ1v) is 7.08. The summed E-state index contributed by atoms with van der Waals surface area (Å²) in [6.07, 6.45) is 3.24. The molecule has 3 aromatic rings. The summed E-state index contributed by atoms with van der Waals surface area (Å²) in [5, 5.41) is 15.2. The summed E-state index contributed by atoms with van der Waals surface area (Å²) < 4.78 is 0. The predicted octanol–water partition coefficient (Wildman–Crippen LogP) is 4.09. The van der Waals surface area contributed by atoms with Crippen LogP contribution >= 0.6 is 23.2 Å². The smallest absolute Gasteiger partial charge is 0.160 e. The summed E-state index contributed by atoms with van der Waals surface area (Å²) in [7, 11) is 0. The van der Waals surface area contributed by atoms with Gasteiger partial charge in [0.15, 0.2) is 5.75 Å². The lowest BCUT2D eigenvalue weighted by Gasteiger charge is -2.06. The normalized spacial score (nSPS) is 11.2. The molecule has 0 radical (unpaired) electrons. The molecule has 0 bridgehead atoms. The van der Waals surface area contributed by atoms with Crippen molar-refractivity contribution in [3.63, 3.8) is 0 Å². The van der Waals surface area contributed by atoms with Gasteiger partial charge in [0.05, 0.1) is 22.0 Å². The van der Waals surface area contributed by atoms with Gasteiger partial charge in [-0.15, -0.1) is 0 Å². The molecule has 2 aromatic heterocycles. The zero-order valence-electron chi connectivity index (χ0n) is 11.2. The van der Waals surface area contributed by atoms with Gasteiger partial charge in [-0.25, -0.2) is 4.98 Å². The zero-order chi connectivity index (χ0) is 15.5. The van der Waals surface area contributed by atoms with Crippen LogP contribution in [-0.4, -0.2) is 21.3 Å². The minimum atomic E-state index is -0.113. The van der Waals surface area contributed by atoms with Crippen molar-refractivity contribution in [2.24, 2.45) is 5.10 Å². The van der Waals surface area contributed by atoms with Crippen molar-refractivity contribution in [1.29, 1.82) is 0 Å². The van der Waals surface area contributed by atoms with E-state index in [1.165, 1.54) is 6.07 Å². The number of aromatic hydroxyl groups is 1. The van der Waals surface area contributed by atoms with Crippen LogP contribution in [-0.2, 0) is 0 Å². The summed E-state index contributed by atoms with van der Waals surface area (Å²) in [6.45, 7) is 0. The van der Waals surface area contributed by atoms with E-state index in [0.717, 1.165) is 0 Å². The van der Waals surface area contributed by atoms with E-state index in [1.807, 2.05) is 18.2 Å². The number of phenols is 1. The molecule has 0 saturated carbocycles. The monoisotopic (exact) mass is 332 g/mol. The van der Waals surface area contributed by atoms with Crippen LogP contribution in [0.25, 0.3) is 10.9 Å². The highest BCUT2D eigenvalue weighted by atomic mass is 35.5. The SMILES string of the molecule is Oc1c(Cl)cc(Cl)c2ccc(NN=Cc3ccccn3)nc12. The molecule has 0 aliphatic carbocycles. The Labute approximate surface area is 136 Å². The molecule has 0 saturated heterocycles. The van der Waals surface area contributed by atoms with Gasteiger partial charge in [-0.05, 0) is 30.3 Å². The van der Waals surface area contributed by atoms with Gasteiger partial charge >= 0.3 is 0 Å². The van der Waals surface area contributed by atoms with Crippen molar-refractivity contribution in [2.75, 3.05) is 5.43 Å². The maximum atomic E-state index is 9.98. The maximum absolute atomic E-state index is 9.98. The van der Waals surface area contributed by atoms with E-state index in [-0.39, 0.29) is 10.8 Å². The average molecular weight is 333 g/mol. The van der Waals surface area contributed by atoms with Gasteiger partial charge in [0.25, 0.3) is 0 Å². The van der Waals surface area contributed by atoms with E-state index in [2.05, 4.69) is 20.5 Å². The largest absolute Gasteiger partial charge is 0.504 e. The fourth-order valence-electron chi connectivity index (χ4n) is 1.88. The van der Waals surface area contributed by atoms with Crippen LogP contribution < -0.4 is 5.43 Å². The first-order chi connectivity index (χ1) is 10.6. The van der Waals surface area contributed by atoms with Gasteiger partial charge in [-0.3, -0.25) is 10.4 Å². The molecule has 0 fully saturated rings. The fraction of sp³-hybridized carbons (Fsp3) is 0. The number of hydrogen-bond donors (Lipinski definition) is 2. The predicted molar refractivity (Wildman–Crippen MR) is 88.9 cm³/mol. The Hall–Kier alpha value is -2.37. The number of hydrazone groups is 1. The highest BCUT2D eigenvalue weighted by molar-refractivity contribution is 6.39. The number of aromatic nitrogens is 2. The molecule has 2 N–H and O–H groups in total. The van der Waals surface area contributed by atoms with Crippen LogP contribution in [0.5, 0.6) is 5.75 Å². The standard InChI is InChI=1S/C15H10Cl2N4O/c16-11-7-12(17)15(22)14-10(11)4-5-13(20-14)21-19-8-9-3-1-2-6-18-9/h1-8,22H,(H,20,21). The molecule has 7 heteroatoms. The Morgan fingerprint density at radius 3 is 2.77 bits per heavy atom. The van der Waals surface area contributed by atoms with Crippen molar-refractivity contribution in [2.45, 2.75) is 0 Å². The lowest BCUT2D eigenvalue weighted by Crippen LogP contribution is -1.95. The number of anilines is 1. The molecule has 0 amide bonds. The molecule has 0 aliphatic heterocycles. The van der Waals surface area contributed by atoms with E-state index < -0.39 is 0 Å². The van der Waals surface area contributed by atoms with E-state index in [0.29, 0.717) is 27.4 Å². The molecule has 0 atom stereocenters. The molecule has 0 spiro atoms. The molecular formula is C15H10Cl2N4O. The summed E-state index contributed by atoms with van der Waals surface area (Å²) in [5.41, 5.74) is 3.80. The fourth-order valence-corrected chi connectivity index (χ4v) is 2.40. The number of pyridine rings is 2. The Morgan fingerprint density at radius 1 is 1.14 bits per heavy atom. The highest BCUT2D eigenvalue weighted by Gasteiger charge is 2.11. The summed E-state index contributed by atoms with van der Waals surface area (Å²) in [4.78, 5) is 8.38. The molecule has 22 heavy (non-hydrogen) atoms. The number of nitrogens with zero attached hydrogens (tertiary/aromatic N) is 3. The number of phenolic OH excluding ortho intramolecular Hbond substituents is 1. The van der Waals surface area contributed by atoms with Gasteiger partial charge in [-0.1, -0.05) is 29.3 Å². The molecule has 0 aliphatic rings. The second-order valence-electron chi connectivity index (χ2n) is 4.41. The zero-order valence-corrected chi connectivity index (χ0v) is 12.7. The molecular weight excluding hydrogens is 323 g/mol. The van der Waals surface area contributed by atoms with Crippen molar-refractivity contribution in [3.05, 3.63) is 58.3 Å². The molecule has 3 rings (SSSR count). The third kappa shape index (κ3) is 2.95. The van der Waals surface area contributed by atoms with Gasteiger partial charge in [0.1, 0.15) is 11.3 Å². The second-order valence-corrected chi connectivity index (χ2v) is 5.22. The third-order valence-electron chi connectivity index (χ3n) is 2.92. The molecule has 5 nitrogen and oxygen atoms in total. The van der Waals surface area contributed by atoms with Crippen molar-refractivity contribution in [3.8, 4) is 5.75 Å². The quantitative estimate of drug-likeness (QED) is 0.559. The molecule has 1 aromatic carbocycles. The van der Waals surface area contributed by atoms with Crippen molar-refractivity contribution in [1.82, 2.24) is 9.97 Å². The number of nitrogens with one attached hydrogen (secondary N) is 1. The van der Waals surface area contributed by atoms with E-state index in [4.69, 9.17) is 23.2 Å². The third-order valence-corrected chi connectivity index (χ3v) is 3.52. The first kappa shape index (κ1) is 14.6. The second kappa shape index (κ2) is 6.17. The number of halogens is 2. The number of fused-ring (bicyclic) bond motifs is 1.